The first-order valence-electron chi connectivity index (χ1n) is 6.34. The Bertz CT molecular complexity index is 333. The maximum Gasteiger partial charge on any atom is 0.284 e. The van der Waals surface area contributed by atoms with Crippen molar-refractivity contribution >= 4 is 89.1 Å². The lowest BCUT2D eigenvalue weighted by atomic mass is 10.4. The Morgan fingerprint density at radius 1 is 1.26 bits per heavy atom. The van der Waals surface area contributed by atoms with Gasteiger partial charge < -0.3 is 9.84 Å². The summed E-state index contributed by atoms with van der Waals surface area (Å²) in [6.45, 7) is 2.00. The molecule has 0 saturated heterocycles. The molecule has 0 aromatic rings. The van der Waals surface area contributed by atoms with Crippen molar-refractivity contribution in [3.8, 4) is 0 Å². The lowest BCUT2D eigenvalue weighted by molar-refractivity contribution is -0.0437. The third-order valence-electron chi connectivity index (χ3n) is 2.22. The average molecular weight is 458 g/mol. The molecule has 0 spiro atoms. The molecule has 138 valence electrons. The third kappa shape index (κ3) is 11.0. The van der Waals surface area contributed by atoms with Crippen LogP contribution in [0.1, 0.15) is 13.3 Å². The van der Waals surface area contributed by atoms with Crippen molar-refractivity contribution in [2.24, 2.45) is 20.6 Å². The van der Waals surface area contributed by atoms with Crippen molar-refractivity contribution in [2.75, 3.05) is 23.0 Å². The quantitative estimate of drug-likeness (QED) is 0.156. The first kappa shape index (κ1) is 24.6. The smallest absolute Gasteiger partial charge is 0.284 e. The Morgan fingerprint density at radius 2 is 1.96 bits per heavy atom. The van der Waals surface area contributed by atoms with Crippen LogP contribution in [0.3, 0.4) is 0 Å². The normalized spacial score (nSPS) is 15.0. The van der Waals surface area contributed by atoms with Crippen molar-refractivity contribution in [3.05, 3.63) is 0 Å². The van der Waals surface area contributed by atoms with E-state index in [-0.39, 0.29) is 16.2 Å². The zero-order valence-corrected chi connectivity index (χ0v) is 18.3. The molecule has 0 amide bonds. The first-order chi connectivity index (χ1) is 11.0. The molecule has 0 aliphatic rings. The largest absolute Gasteiger partial charge is 0.425 e. The minimum Gasteiger partial charge on any atom is -0.425 e. The maximum absolute atomic E-state index is 10.2. The number of nitrogens with two attached hydrogens (primary N) is 4. The van der Waals surface area contributed by atoms with Crippen LogP contribution in [-0.2, 0) is 4.74 Å². The van der Waals surface area contributed by atoms with Crippen LogP contribution in [0, 0.1) is 0 Å². The van der Waals surface area contributed by atoms with Gasteiger partial charge in [-0.3, -0.25) is 20.6 Å². The summed E-state index contributed by atoms with van der Waals surface area (Å²) in [6, 6.07) is 0. The molecule has 0 aliphatic heterocycles. The molecule has 0 radical (unpaired) electrons. The molecule has 14 heteroatoms. The third-order valence-corrected chi connectivity index (χ3v) is 7.75. The molecule has 7 nitrogen and oxygen atoms in total. The van der Waals surface area contributed by atoms with E-state index in [0.717, 1.165) is 35.6 Å². The van der Waals surface area contributed by atoms with Crippen molar-refractivity contribution in [3.63, 3.8) is 0 Å². The highest BCUT2D eigenvalue weighted by Gasteiger charge is 2.32. The standard InChI is InChI=1S/C9H23N5O2S7/c1-2-20-14(21-4-3-7(22-12)5-18-10)8(17)16-9(15,23-13)6-19-11/h7,15H,2-6,10-13H2,1H3. The number of aliphatic hydroxyl groups is 1. The summed E-state index contributed by atoms with van der Waals surface area (Å²) < 4.78 is 7.18. The summed E-state index contributed by atoms with van der Waals surface area (Å²) in [4.78, 5) is 0. The molecule has 0 aromatic heterocycles. The van der Waals surface area contributed by atoms with Crippen molar-refractivity contribution in [1.82, 2.24) is 3.71 Å². The van der Waals surface area contributed by atoms with E-state index in [1.165, 1.54) is 47.8 Å². The molecule has 0 heterocycles. The monoisotopic (exact) mass is 457 g/mol. The van der Waals surface area contributed by atoms with E-state index in [0.29, 0.717) is 11.9 Å². The Labute approximate surface area is 169 Å². The summed E-state index contributed by atoms with van der Waals surface area (Å²) in [5, 5.41) is 30.9. The van der Waals surface area contributed by atoms with E-state index in [4.69, 9.17) is 37.5 Å². The van der Waals surface area contributed by atoms with Crippen LogP contribution >= 0.6 is 83.9 Å². The molecule has 0 saturated carbocycles. The number of ether oxygens (including phenoxy) is 1. The molecule has 9 N–H and O–H groups in total. The molecule has 0 aliphatic carbocycles. The van der Waals surface area contributed by atoms with Gasteiger partial charge in [-0.25, -0.2) is 3.71 Å². The lowest BCUT2D eigenvalue weighted by Crippen LogP contribution is -2.38. The van der Waals surface area contributed by atoms with Gasteiger partial charge in [0.1, 0.15) is 0 Å². The summed E-state index contributed by atoms with van der Waals surface area (Å²) in [7, 11) is 0. The second-order valence-electron chi connectivity index (χ2n) is 3.90. The van der Waals surface area contributed by atoms with Crippen LogP contribution in [0.2, 0.25) is 0 Å². The Balaban J connectivity index is 4.50. The summed E-state index contributed by atoms with van der Waals surface area (Å²) in [6.07, 6.45) is 0.883. The van der Waals surface area contributed by atoms with Gasteiger partial charge in [0.25, 0.3) is 10.3 Å². The number of nitrogens with zero attached hydrogens (tertiary/aromatic N) is 1. The molecule has 23 heavy (non-hydrogen) atoms. The summed E-state index contributed by atoms with van der Waals surface area (Å²) >= 11 is 12.4. The van der Waals surface area contributed by atoms with Gasteiger partial charge >= 0.3 is 0 Å². The van der Waals surface area contributed by atoms with Crippen LogP contribution in [0.15, 0.2) is 0 Å². The fraction of sp³-hybridized carbons (Fsp3) is 0.889. The molecule has 0 rings (SSSR count). The molecule has 0 fully saturated rings. The van der Waals surface area contributed by atoms with Gasteiger partial charge in [0, 0.05) is 22.5 Å². The van der Waals surface area contributed by atoms with Gasteiger partial charge in [0.15, 0.2) is 0 Å². The fourth-order valence-corrected chi connectivity index (χ4v) is 5.82. The van der Waals surface area contributed by atoms with Gasteiger partial charge in [-0.1, -0.05) is 42.8 Å². The van der Waals surface area contributed by atoms with Crippen LogP contribution in [0.5, 0.6) is 0 Å². The predicted octanol–water partition coefficient (Wildman–Crippen LogP) is 1.74. The van der Waals surface area contributed by atoms with E-state index >= 15 is 0 Å². The highest BCUT2D eigenvalue weighted by molar-refractivity contribution is 8.13. The molecule has 2 unspecified atom stereocenters. The number of thiocarbonyl (C=S) groups is 1. The van der Waals surface area contributed by atoms with Crippen molar-refractivity contribution in [2.45, 2.75) is 23.7 Å². The molecule has 0 bridgehead atoms. The fourth-order valence-electron chi connectivity index (χ4n) is 1.19. The molecular formula is C9H23N5O2S7. The highest BCUT2D eigenvalue weighted by Crippen LogP contribution is 2.30. The minimum atomic E-state index is -1.64. The van der Waals surface area contributed by atoms with E-state index in [2.05, 4.69) is 0 Å². The van der Waals surface area contributed by atoms with Crippen LogP contribution < -0.4 is 20.6 Å². The highest BCUT2D eigenvalue weighted by atomic mass is 32.2. The van der Waals surface area contributed by atoms with Gasteiger partial charge in [-0.15, -0.1) is 0 Å². The molecular weight excluding hydrogens is 435 g/mol. The molecule has 2 atom stereocenters. The maximum atomic E-state index is 10.2. The van der Waals surface area contributed by atoms with Gasteiger partial charge in [-0.2, -0.15) is 0 Å². The van der Waals surface area contributed by atoms with E-state index in [1.807, 2.05) is 6.92 Å². The predicted molar refractivity (Wildman–Crippen MR) is 116 cm³/mol. The van der Waals surface area contributed by atoms with Gasteiger partial charge in [0.2, 0.25) is 0 Å². The Morgan fingerprint density at radius 3 is 2.43 bits per heavy atom. The van der Waals surface area contributed by atoms with Crippen molar-refractivity contribution < 1.29 is 9.84 Å². The zero-order chi connectivity index (χ0) is 17.7. The summed E-state index contributed by atoms with van der Waals surface area (Å²) in [5.41, 5.74) is 0. The second-order valence-corrected chi connectivity index (χ2v) is 9.81. The average Bonchev–Trinajstić information content (AvgIpc) is 2.53. The Kier molecular flexibility index (Phi) is 15.7. The van der Waals surface area contributed by atoms with E-state index in [1.54, 1.807) is 3.71 Å². The van der Waals surface area contributed by atoms with Gasteiger partial charge in [0.05, 0.1) is 5.75 Å². The number of rotatable bonds is 13. The van der Waals surface area contributed by atoms with Crippen LogP contribution in [0.4, 0.5) is 0 Å². The topological polar surface area (TPSA) is 137 Å². The first-order valence-corrected chi connectivity index (χ1v) is 12.6. The number of hydrogen-bond donors (Lipinski definition) is 5. The Hall–Kier alpha value is 1.59. The molecule has 0 aromatic carbocycles. The minimum absolute atomic E-state index is 0.100. The van der Waals surface area contributed by atoms with E-state index < -0.39 is 5.12 Å². The van der Waals surface area contributed by atoms with Crippen LogP contribution in [-0.4, -0.2) is 47.4 Å². The zero-order valence-electron chi connectivity index (χ0n) is 12.6. The second kappa shape index (κ2) is 14.7. The lowest BCUT2D eigenvalue weighted by Gasteiger charge is -2.29. The number of hydrogen-bond acceptors (Lipinski definition) is 13. The van der Waals surface area contributed by atoms with Crippen LogP contribution in [0.25, 0.3) is 0 Å². The van der Waals surface area contributed by atoms with Crippen molar-refractivity contribution in [1.29, 1.82) is 0 Å². The SMILES string of the molecule is CCSN(SCCC(CSN)SN)C(=S)OC(O)(CSN)SN. The summed E-state index contributed by atoms with van der Waals surface area (Å²) in [5.74, 6) is 2.50. The van der Waals surface area contributed by atoms with E-state index in [9.17, 15) is 5.11 Å². The van der Waals surface area contributed by atoms with Gasteiger partial charge in [-0.05, 0) is 54.5 Å².